The number of benzene rings is 2. The molecule has 0 heterocycles. The summed E-state index contributed by atoms with van der Waals surface area (Å²) in [5, 5.41) is 31.4. The van der Waals surface area contributed by atoms with Crippen LogP contribution in [0.25, 0.3) is 0 Å². The average molecular weight is 409 g/mol. The molecule has 0 aliphatic rings. The summed E-state index contributed by atoms with van der Waals surface area (Å²) in [7, 11) is -4.03. The summed E-state index contributed by atoms with van der Waals surface area (Å²) >= 11 is 0. The molecule has 0 fully saturated rings. The maximum atomic E-state index is 12.7. The molecule has 0 spiro atoms. The molecule has 3 N–H and O–H groups in total. The Morgan fingerprint density at radius 2 is 1.71 bits per heavy atom. The van der Waals surface area contributed by atoms with Gasteiger partial charge in [0.15, 0.2) is 0 Å². The Balaban J connectivity index is 2.28. The van der Waals surface area contributed by atoms with Crippen molar-refractivity contribution in [3.05, 3.63) is 64.2 Å². The molecular weight excluding hydrogens is 390 g/mol. The summed E-state index contributed by atoms with van der Waals surface area (Å²) in [5.41, 5.74) is 0.0213. The van der Waals surface area contributed by atoms with Gasteiger partial charge in [0.2, 0.25) is 10.0 Å². The third kappa shape index (κ3) is 5.10. The first-order chi connectivity index (χ1) is 13.3. The van der Waals surface area contributed by atoms with Crippen LogP contribution in [-0.2, 0) is 10.0 Å². The van der Waals surface area contributed by atoms with Gasteiger partial charge < -0.3 is 15.5 Å². The molecule has 0 atom stereocenters. The topological polar surface area (TPSA) is 150 Å². The van der Waals surface area contributed by atoms with Gasteiger partial charge in [0.25, 0.3) is 11.6 Å². The first-order valence-electron chi connectivity index (χ1n) is 8.17. The molecule has 0 aliphatic heterocycles. The highest BCUT2D eigenvalue weighted by Gasteiger charge is 2.24. The van der Waals surface area contributed by atoms with Crippen molar-refractivity contribution in [1.82, 2.24) is 4.31 Å². The second-order valence-corrected chi connectivity index (χ2v) is 7.58. The largest absolute Gasteiger partial charge is 0.395 e. The zero-order chi connectivity index (χ0) is 20.7. The number of hydrogen-bond acceptors (Lipinski definition) is 7. The molecule has 28 heavy (non-hydrogen) atoms. The van der Waals surface area contributed by atoms with Crippen molar-refractivity contribution >= 4 is 27.3 Å². The van der Waals surface area contributed by atoms with E-state index in [1.165, 1.54) is 42.5 Å². The van der Waals surface area contributed by atoms with Crippen molar-refractivity contribution in [3.63, 3.8) is 0 Å². The number of nitro groups is 1. The van der Waals surface area contributed by atoms with E-state index in [1.807, 2.05) is 0 Å². The molecule has 2 aromatic rings. The van der Waals surface area contributed by atoms with Crippen LogP contribution in [0.2, 0.25) is 0 Å². The molecular formula is C17H19N3O7S. The van der Waals surface area contributed by atoms with E-state index in [0.717, 1.165) is 10.4 Å². The molecule has 0 aliphatic carbocycles. The first-order valence-corrected chi connectivity index (χ1v) is 9.61. The lowest BCUT2D eigenvalue weighted by atomic mass is 10.2. The van der Waals surface area contributed by atoms with Crippen molar-refractivity contribution in [2.45, 2.75) is 4.90 Å². The number of nitrogens with zero attached hydrogens (tertiary/aromatic N) is 2. The summed E-state index contributed by atoms with van der Waals surface area (Å²) in [5.74, 6) is -0.645. The highest BCUT2D eigenvalue weighted by Crippen LogP contribution is 2.20. The highest BCUT2D eigenvalue weighted by molar-refractivity contribution is 7.89. The van der Waals surface area contributed by atoms with Gasteiger partial charge in [-0.1, -0.05) is 12.1 Å². The fraction of sp³-hybridized carbons (Fsp3) is 0.235. The van der Waals surface area contributed by atoms with E-state index in [2.05, 4.69) is 5.32 Å². The molecule has 0 saturated carbocycles. The van der Waals surface area contributed by atoms with Gasteiger partial charge in [-0.05, 0) is 24.3 Å². The number of rotatable bonds is 9. The lowest BCUT2D eigenvalue weighted by Gasteiger charge is -2.20. The molecule has 2 aromatic carbocycles. The number of carbonyl (C=O) groups is 1. The quantitative estimate of drug-likeness (QED) is 0.410. The van der Waals surface area contributed by atoms with Crippen LogP contribution in [0.4, 0.5) is 11.4 Å². The summed E-state index contributed by atoms with van der Waals surface area (Å²) < 4.78 is 26.2. The fourth-order valence-electron chi connectivity index (χ4n) is 2.42. The van der Waals surface area contributed by atoms with E-state index in [1.54, 1.807) is 0 Å². The van der Waals surface area contributed by atoms with Crippen molar-refractivity contribution in [2.75, 3.05) is 31.6 Å². The van der Waals surface area contributed by atoms with Gasteiger partial charge >= 0.3 is 0 Å². The number of aliphatic hydroxyl groups is 2. The molecule has 0 bridgehead atoms. The van der Waals surface area contributed by atoms with Gasteiger partial charge in [0, 0.05) is 36.5 Å². The van der Waals surface area contributed by atoms with Crippen LogP contribution in [0.1, 0.15) is 10.4 Å². The maximum absolute atomic E-state index is 12.7. The third-order valence-electron chi connectivity index (χ3n) is 3.75. The van der Waals surface area contributed by atoms with Gasteiger partial charge in [0.1, 0.15) is 0 Å². The van der Waals surface area contributed by atoms with E-state index in [0.29, 0.717) is 0 Å². The standard InChI is InChI=1S/C17H19N3O7S/c21-9-7-19(8-10-22)28(26,27)16-6-1-3-13(11-16)17(23)18-14-4-2-5-15(12-14)20(24)25/h1-6,11-12,21-22H,7-10H2,(H,18,23). The van der Waals surface area contributed by atoms with Crippen molar-refractivity contribution in [1.29, 1.82) is 0 Å². The number of nitrogens with one attached hydrogen (secondary N) is 1. The van der Waals surface area contributed by atoms with E-state index in [9.17, 15) is 23.3 Å². The Hall–Kier alpha value is -2.86. The second kappa shape index (κ2) is 9.37. The molecule has 150 valence electrons. The molecule has 0 saturated heterocycles. The molecule has 0 unspecified atom stereocenters. The Bertz CT molecular complexity index is 957. The van der Waals surface area contributed by atoms with Gasteiger partial charge in [-0.2, -0.15) is 4.31 Å². The minimum atomic E-state index is -4.03. The maximum Gasteiger partial charge on any atom is 0.271 e. The Morgan fingerprint density at radius 3 is 2.32 bits per heavy atom. The number of anilines is 1. The van der Waals surface area contributed by atoms with Gasteiger partial charge in [-0.15, -0.1) is 0 Å². The molecule has 11 heteroatoms. The zero-order valence-corrected chi connectivity index (χ0v) is 15.5. The van der Waals surface area contributed by atoms with Crippen molar-refractivity contribution in [2.24, 2.45) is 0 Å². The van der Waals surface area contributed by atoms with Crippen LogP contribution >= 0.6 is 0 Å². The molecule has 1 amide bonds. The van der Waals surface area contributed by atoms with E-state index in [-0.39, 0.29) is 34.9 Å². The summed E-state index contributed by atoms with van der Waals surface area (Å²) in [4.78, 5) is 22.5. The predicted molar refractivity (Wildman–Crippen MR) is 100 cm³/mol. The van der Waals surface area contributed by atoms with Gasteiger partial charge in [-0.3, -0.25) is 14.9 Å². The lowest BCUT2D eigenvalue weighted by molar-refractivity contribution is -0.384. The summed E-state index contributed by atoms with van der Waals surface area (Å²) in [6.07, 6.45) is 0. The predicted octanol–water partition coefficient (Wildman–Crippen LogP) is 0.822. The zero-order valence-electron chi connectivity index (χ0n) is 14.7. The number of amides is 1. The van der Waals surface area contributed by atoms with Crippen LogP contribution in [-0.4, -0.2) is 60.1 Å². The lowest BCUT2D eigenvalue weighted by Crippen LogP contribution is -2.36. The second-order valence-electron chi connectivity index (χ2n) is 5.64. The van der Waals surface area contributed by atoms with Crippen LogP contribution in [0, 0.1) is 10.1 Å². The molecule has 2 rings (SSSR count). The highest BCUT2D eigenvalue weighted by atomic mass is 32.2. The number of aliphatic hydroxyl groups excluding tert-OH is 2. The Labute approximate surface area is 161 Å². The van der Waals surface area contributed by atoms with Crippen LogP contribution < -0.4 is 5.32 Å². The minimum absolute atomic E-state index is 0.0283. The number of hydrogen-bond donors (Lipinski definition) is 3. The average Bonchev–Trinajstić information content (AvgIpc) is 2.68. The first kappa shape index (κ1) is 21.4. The minimum Gasteiger partial charge on any atom is -0.395 e. The monoisotopic (exact) mass is 409 g/mol. The van der Waals surface area contributed by atoms with Crippen LogP contribution in [0.15, 0.2) is 53.4 Å². The van der Waals surface area contributed by atoms with Gasteiger partial charge in [-0.25, -0.2) is 8.42 Å². The van der Waals surface area contributed by atoms with Crippen molar-refractivity contribution in [3.8, 4) is 0 Å². The third-order valence-corrected chi connectivity index (χ3v) is 5.64. The SMILES string of the molecule is O=C(Nc1cccc([N+](=O)[O-])c1)c1cccc(S(=O)(=O)N(CCO)CCO)c1. The number of carbonyl (C=O) groups excluding carboxylic acids is 1. The summed E-state index contributed by atoms with van der Waals surface area (Å²) in [6, 6.07) is 10.6. The fourth-order valence-corrected chi connectivity index (χ4v) is 3.89. The number of nitro benzene ring substituents is 1. The smallest absolute Gasteiger partial charge is 0.271 e. The molecule has 10 nitrogen and oxygen atoms in total. The number of non-ortho nitro benzene ring substituents is 1. The van der Waals surface area contributed by atoms with Crippen LogP contribution in [0.5, 0.6) is 0 Å². The van der Waals surface area contributed by atoms with E-state index in [4.69, 9.17) is 10.2 Å². The Morgan fingerprint density at radius 1 is 1.07 bits per heavy atom. The normalized spacial score (nSPS) is 11.4. The summed E-state index contributed by atoms with van der Waals surface area (Å²) in [6.45, 7) is -1.25. The van der Waals surface area contributed by atoms with Crippen molar-refractivity contribution < 1.29 is 28.3 Å². The van der Waals surface area contributed by atoms with Gasteiger partial charge in [0.05, 0.1) is 23.0 Å². The number of sulfonamides is 1. The molecule has 0 radical (unpaired) electrons. The molecule has 0 aromatic heterocycles. The van der Waals surface area contributed by atoms with Crippen LogP contribution in [0.3, 0.4) is 0 Å². The van der Waals surface area contributed by atoms with E-state index < -0.39 is 34.1 Å². The Kier molecular flexibility index (Phi) is 7.18. The van der Waals surface area contributed by atoms with E-state index >= 15 is 0 Å².